The van der Waals surface area contributed by atoms with E-state index in [-0.39, 0.29) is 36.3 Å². The van der Waals surface area contributed by atoms with Crippen molar-refractivity contribution in [2.45, 2.75) is 39.0 Å². The Hall–Kier alpha value is -4.34. The standard InChI is InChI=1S/C27H31N5O5/c1-5-37-22-12-11-19(13-23(22)36-4)16-28-24(33)20-14-21-25(34)31(3)27(2,17-32(21)30-20)26(35)29-15-18-9-7-6-8-10-18/h6-14H,5,15-17H2,1-4H3,(H,28,33)(H,29,35)/t27-/m1/s1. The third-order valence-electron chi connectivity index (χ3n) is 6.50. The highest BCUT2D eigenvalue weighted by Gasteiger charge is 2.46. The van der Waals surface area contributed by atoms with Gasteiger partial charge >= 0.3 is 0 Å². The molecule has 2 aromatic carbocycles. The highest BCUT2D eigenvalue weighted by Crippen LogP contribution is 2.28. The van der Waals surface area contributed by atoms with Crippen LogP contribution in [0.2, 0.25) is 0 Å². The zero-order valence-electron chi connectivity index (χ0n) is 21.4. The molecule has 1 aromatic heterocycles. The van der Waals surface area contributed by atoms with E-state index in [1.54, 1.807) is 33.2 Å². The van der Waals surface area contributed by atoms with Gasteiger partial charge in [0.15, 0.2) is 17.2 Å². The van der Waals surface area contributed by atoms with Crippen molar-refractivity contribution in [1.82, 2.24) is 25.3 Å². The summed E-state index contributed by atoms with van der Waals surface area (Å²) in [7, 11) is 3.14. The summed E-state index contributed by atoms with van der Waals surface area (Å²) >= 11 is 0. The van der Waals surface area contributed by atoms with E-state index in [4.69, 9.17) is 9.47 Å². The lowest BCUT2D eigenvalue weighted by atomic mass is 9.96. The van der Waals surface area contributed by atoms with E-state index in [0.717, 1.165) is 11.1 Å². The lowest BCUT2D eigenvalue weighted by Gasteiger charge is -2.40. The van der Waals surface area contributed by atoms with Gasteiger partial charge in [0, 0.05) is 26.2 Å². The van der Waals surface area contributed by atoms with E-state index < -0.39 is 11.4 Å². The Morgan fingerprint density at radius 1 is 1.03 bits per heavy atom. The number of hydrogen-bond donors (Lipinski definition) is 2. The van der Waals surface area contributed by atoms with E-state index in [9.17, 15) is 14.4 Å². The fraction of sp³-hybridized carbons (Fsp3) is 0.333. The average molecular weight is 506 g/mol. The van der Waals surface area contributed by atoms with Crippen LogP contribution in [0.5, 0.6) is 11.5 Å². The van der Waals surface area contributed by atoms with Crippen LogP contribution in [0.25, 0.3) is 0 Å². The topological polar surface area (TPSA) is 115 Å². The van der Waals surface area contributed by atoms with Gasteiger partial charge < -0.3 is 25.0 Å². The van der Waals surface area contributed by atoms with Gasteiger partial charge in [-0.3, -0.25) is 19.1 Å². The van der Waals surface area contributed by atoms with Crippen LogP contribution >= 0.6 is 0 Å². The van der Waals surface area contributed by atoms with Crippen molar-refractivity contribution in [2.24, 2.45) is 0 Å². The molecule has 4 rings (SSSR count). The quantitative estimate of drug-likeness (QED) is 0.462. The first kappa shape index (κ1) is 25.7. The van der Waals surface area contributed by atoms with Gasteiger partial charge in [0.05, 0.1) is 20.3 Å². The number of fused-ring (bicyclic) bond motifs is 1. The van der Waals surface area contributed by atoms with Gasteiger partial charge in [0.1, 0.15) is 11.2 Å². The van der Waals surface area contributed by atoms with Crippen LogP contribution in [0.3, 0.4) is 0 Å². The van der Waals surface area contributed by atoms with Crippen LogP contribution in [0.15, 0.2) is 54.6 Å². The maximum Gasteiger partial charge on any atom is 0.272 e. The lowest BCUT2D eigenvalue weighted by molar-refractivity contribution is -0.132. The number of amides is 3. The molecule has 0 unspecified atom stereocenters. The summed E-state index contributed by atoms with van der Waals surface area (Å²) in [5.74, 6) is 0.0838. The van der Waals surface area contributed by atoms with Crippen molar-refractivity contribution in [3.8, 4) is 11.5 Å². The van der Waals surface area contributed by atoms with Crippen molar-refractivity contribution in [3.05, 3.63) is 77.1 Å². The van der Waals surface area contributed by atoms with Gasteiger partial charge in [-0.25, -0.2) is 0 Å². The molecule has 0 saturated carbocycles. The summed E-state index contributed by atoms with van der Waals surface area (Å²) < 4.78 is 12.3. The summed E-state index contributed by atoms with van der Waals surface area (Å²) in [6.07, 6.45) is 0. The molecule has 2 N–H and O–H groups in total. The van der Waals surface area contributed by atoms with Crippen molar-refractivity contribution >= 4 is 17.7 Å². The van der Waals surface area contributed by atoms with Crippen molar-refractivity contribution in [1.29, 1.82) is 0 Å². The molecule has 37 heavy (non-hydrogen) atoms. The lowest BCUT2D eigenvalue weighted by Crippen LogP contribution is -2.62. The molecule has 10 heteroatoms. The molecule has 1 atom stereocenters. The molecular formula is C27H31N5O5. The van der Waals surface area contributed by atoms with Gasteiger partial charge in [0.2, 0.25) is 5.91 Å². The second kappa shape index (κ2) is 10.7. The highest BCUT2D eigenvalue weighted by molar-refractivity contribution is 6.01. The molecule has 1 aliphatic rings. The molecule has 194 valence electrons. The monoisotopic (exact) mass is 505 g/mol. The van der Waals surface area contributed by atoms with Gasteiger partial charge in [-0.05, 0) is 37.1 Å². The zero-order valence-corrected chi connectivity index (χ0v) is 21.4. The minimum atomic E-state index is -1.17. The first-order valence-electron chi connectivity index (χ1n) is 12.0. The van der Waals surface area contributed by atoms with E-state index in [2.05, 4.69) is 15.7 Å². The number of methoxy groups -OCH3 is 1. The Kier molecular flexibility index (Phi) is 7.47. The van der Waals surface area contributed by atoms with Crippen LogP contribution in [-0.4, -0.2) is 58.7 Å². The Bertz CT molecular complexity index is 1310. The molecule has 0 bridgehead atoms. The van der Waals surface area contributed by atoms with Crippen LogP contribution < -0.4 is 20.1 Å². The predicted octanol–water partition coefficient (Wildman–Crippen LogP) is 2.38. The number of carbonyl (C=O) groups is 3. The molecule has 0 saturated heterocycles. The molecule has 0 radical (unpaired) electrons. The van der Waals surface area contributed by atoms with Gasteiger partial charge in [-0.15, -0.1) is 0 Å². The van der Waals surface area contributed by atoms with Gasteiger partial charge in [0.25, 0.3) is 11.8 Å². The smallest absolute Gasteiger partial charge is 0.272 e. The largest absolute Gasteiger partial charge is 0.493 e. The third-order valence-corrected chi connectivity index (χ3v) is 6.50. The van der Waals surface area contributed by atoms with Crippen molar-refractivity contribution in [3.63, 3.8) is 0 Å². The summed E-state index contributed by atoms with van der Waals surface area (Å²) in [6.45, 7) is 4.79. The summed E-state index contributed by atoms with van der Waals surface area (Å²) in [4.78, 5) is 40.5. The van der Waals surface area contributed by atoms with Crippen molar-refractivity contribution < 1.29 is 23.9 Å². The van der Waals surface area contributed by atoms with Crippen LogP contribution in [0.1, 0.15) is 46.0 Å². The van der Waals surface area contributed by atoms with E-state index in [1.807, 2.05) is 43.3 Å². The predicted molar refractivity (Wildman–Crippen MR) is 136 cm³/mol. The molecule has 1 aliphatic heterocycles. The summed E-state index contributed by atoms with van der Waals surface area (Å²) in [5.41, 5.74) is 0.953. The summed E-state index contributed by atoms with van der Waals surface area (Å²) in [6, 6.07) is 16.4. The first-order chi connectivity index (χ1) is 17.8. The van der Waals surface area contributed by atoms with E-state index in [1.165, 1.54) is 15.6 Å². The number of ether oxygens (including phenoxy) is 2. The number of rotatable bonds is 9. The SMILES string of the molecule is CCOc1ccc(CNC(=O)c2cc3n(n2)C[C@](C)(C(=O)NCc2ccccc2)N(C)C3=O)cc1OC. The van der Waals surface area contributed by atoms with Crippen LogP contribution in [0.4, 0.5) is 0 Å². The maximum absolute atomic E-state index is 13.1. The molecule has 0 spiro atoms. The second-order valence-corrected chi connectivity index (χ2v) is 8.98. The third kappa shape index (κ3) is 5.28. The highest BCUT2D eigenvalue weighted by atomic mass is 16.5. The molecule has 0 aliphatic carbocycles. The average Bonchev–Trinajstić information content (AvgIpc) is 3.34. The molecule has 0 fully saturated rings. The fourth-order valence-corrected chi connectivity index (χ4v) is 4.18. The van der Waals surface area contributed by atoms with Gasteiger partial charge in [-0.1, -0.05) is 36.4 Å². The fourth-order valence-electron chi connectivity index (χ4n) is 4.18. The van der Waals surface area contributed by atoms with Crippen LogP contribution in [0, 0.1) is 0 Å². The maximum atomic E-state index is 13.1. The summed E-state index contributed by atoms with van der Waals surface area (Å²) in [5, 5.41) is 10.1. The number of likely N-dealkylation sites (N-methyl/N-ethyl adjacent to an activating group) is 1. The normalized spacial score (nSPS) is 16.6. The molecule has 10 nitrogen and oxygen atoms in total. The number of aromatic nitrogens is 2. The number of nitrogens with zero attached hydrogens (tertiary/aromatic N) is 3. The minimum Gasteiger partial charge on any atom is -0.493 e. The Morgan fingerprint density at radius 2 is 1.76 bits per heavy atom. The van der Waals surface area contributed by atoms with Crippen molar-refractivity contribution in [2.75, 3.05) is 20.8 Å². The van der Waals surface area contributed by atoms with Gasteiger partial charge in [-0.2, -0.15) is 5.10 Å². The number of carbonyl (C=O) groups excluding carboxylic acids is 3. The number of nitrogens with one attached hydrogen (secondary N) is 2. The number of benzene rings is 2. The first-order valence-corrected chi connectivity index (χ1v) is 12.0. The molecular weight excluding hydrogens is 474 g/mol. The Labute approximate surface area is 215 Å². The molecule has 3 aromatic rings. The molecule has 2 heterocycles. The minimum absolute atomic E-state index is 0.101. The molecule has 3 amide bonds. The second-order valence-electron chi connectivity index (χ2n) is 8.98. The zero-order chi connectivity index (χ0) is 26.6. The van der Waals surface area contributed by atoms with E-state index in [0.29, 0.717) is 24.7 Å². The van der Waals surface area contributed by atoms with E-state index >= 15 is 0 Å². The number of hydrogen-bond acceptors (Lipinski definition) is 6. The Balaban J connectivity index is 1.45. The van der Waals surface area contributed by atoms with Crippen LogP contribution in [-0.2, 0) is 24.4 Å². The Morgan fingerprint density at radius 3 is 2.46 bits per heavy atom.